The molecule has 0 bridgehead atoms. The quantitative estimate of drug-likeness (QED) is 0.651. The van der Waals surface area contributed by atoms with Crippen LogP contribution in [-0.2, 0) is 6.54 Å². The molecule has 1 atom stereocenters. The summed E-state index contributed by atoms with van der Waals surface area (Å²) in [7, 11) is 0. The van der Waals surface area contributed by atoms with Crippen LogP contribution in [0, 0.1) is 0 Å². The van der Waals surface area contributed by atoms with Crippen LogP contribution < -0.4 is 11.3 Å². The summed E-state index contributed by atoms with van der Waals surface area (Å²) in [6.45, 7) is 5.22. The lowest BCUT2D eigenvalue weighted by atomic mass is 10.3. The Morgan fingerprint density at radius 3 is 3.18 bits per heavy atom. The first-order valence-corrected chi connectivity index (χ1v) is 7.07. The van der Waals surface area contributed by atoms with Gasteiger partial charge in [0.15, 0.2) is 0 Å². The average Bonchev–Trinajstić information content (AvgIpc) is 2.32. The molecule has 0 aromatic carbocycles. The number of nitrogen functional groups attached to an aromatic ring is 1. The van der Waals surface area contributed by atoms with Gasteiger partial charge in [0, 0.05) is 30.6 Å². The molecule has 1 aromatic heterocycles. The van der Waals surface area contributed by atoms with Crippen LogP contribution in [-0.4, -0.2) is 34.0 Å². The first-order chi connectivity index (χ1) is 8.19. The number of nitrogens with one attached hydrogen (secondary N) is 1. The molecule has 4 nitrogen and oxygen atoms in total. The average molecular weight is 273 g/mol. The summed E-state index contributed by atoms with van der Waals surface area (Å²) in [5, 5.41) is 1.38. The molecule has 1 saturated heterocycles. The second kappa shape index (κ2) is 5.91. The third-order valence-electron chi connectivity index (χ3n) is 2.77. The number of halogens is 1. The minimum Gasteiger partial charge on any atom is -0.308 e. The minimum absolute atomic E-state index is 0.656. The second-order valence-corrected chi connectivity index (χ2v) is 6.14. The summed E-state index contributed by atoms with van der Waals surface area (Å²) < 4.78 is 0. The Kier molecular flexibility index (Phi) is 4.50. The molecule has 2 rings (SSSR count). The van der Waals surface area contributed by atoms with Crippen LogP contribution in [0.3, 0.4) is 0 Å². The lowest BCUT2D eigenvalue weighted by molar-refractivity contribution is 0.275. The van der Waals surface area contributed by atoms with Gasteiger partial charge in [0.05, 0.1) is 10.7 Å². The molecule has 1 aliphatic rings. The fourth-order valence-electron chi connectivity index (χ4n) is 1.92. The van der Waals surface area contributed by atoms with Gasteiger partial charge in [0.25, 0.3) is 0 Å². The van der Waals surface area contributed by atoms with Crippen molar-refractivity contribution in [3.05, 3.63) is 22.8 Å². The van der Waals surface area contributed by atoms with Gasteiger partial charge in [-0.05, 0) is 12.1 Å². The first-order valence-electron chi connectivity index (χ1n) is 5.65. The second-order valence-electron chi connectivity index (χ2n) is 4.19. The molecular weight excluding hydrogens is 256 g/mol. The van der Waals surface area contributed by atoms with E-state index in [0.29, 0.717) is 16.1 Å². The summed E-state index contributed by atoms with van der Waals surface area (Å²) in [6.07, 6.45) is 0. The van der Waals surface area contributed by atoms with E-state index in [-0.39, 0.29) is 0 Å². The molecule has 2 heterocycles. The molecule has 0 spiro atoms. The van der Waals surface area contributed by atoms with Gasteiger partial charge in [-0.25, -0.2) is 10.8 Å². The lowest BCUT2D eigenvalue weighted by Crippen LogP contribution is -2.36. The summed E-state index contributed by atoms with van der Waals surface area (Å²) in [5.41, 5.74) is 3.44. The topological polar surface area (TPSA) is 54.2 Å². The summed E-state index contributed by atoms with van der Waals surface area (Å²) in [6, 6.07) is 3.61. The molecule has 6 heteroatoms. The van der Waals surface area contributed by atoms with E-state index in [1.807, 2.05) is 17.8 Å². The monoisotopic (exact) mass is 272 g/mol. The van der Waals surface area contributed by atoms with Gasteiger partial charge >= 0.3 is 0 Å². The Labute approximate surface area is 111 Å². The van der Waals surface area contributed by atoms with E-state index in [1.54, 1.807) is 6.07 Å². The van der Waals surface area contributed by atoms with Gasteiger partial charge in [0.1, 0.15) is 5.82 Å². The lowest BCUT2D eigenvalue weighted by Gasteiger charge is -2.30. The molecule has 1 fully saturated rings. The van der Waals surface area contributed by atoms with Crippen molar-refractivity contribution in [2.45, 2.75) is 18.7 Å². The van der Waals surface area contributed by atoms with E-state index < -0.39 is 0 Å². The van der Waals surface area contributed by atoms with Crippen molar-refractivity contribution in [1.29, 1.82) is 0 Å². The molecule has 3 N–H and O–H groups in total. The highest BCUT2D eigenvalue weighted by atomic mass is 35.5. The van der Waals surface area contributed by atoms with Gasteiger partial charge in [-0.15, -0.1) is 0 Å². The number of rotatable bonds is 3. The van der Waals surface area contributed by atoms with Crippen LogP contribution >= 0.6 is 23.4 Å². The number of hydrazine groups is 1. The number of aromatic nitrogens is 1. The van der Waals surface area contributed by atoms with Crippen molar-refractivity contribution in [2.24, 2.45) is 5.84 Å². The van der Waals surface area contributed by atoms with Crippen LogP contribution in [0.15, 0.2) is 12.1 Å². The van der Waals surface area contributed by atoms with E-state index in [9.17, 15) is 0 Å². The van der Waals surface area contributed by atoms with E-state index in [0.717, 1.165) is 25.3 Å². The van der Waals surface area contributed by atoms with Gasteiger partial charge in [-0.3, -0.25) is 4.90 Å². The third-order valence-corrected chi connectivity index (χ3v) is 4.25. The largest absolute Gasteiger partial charge is 0.308 e. The fraction of sp³-hybridized carbons (Fsp3) is 0.545. The van der Waals surface area contributed by atoms with E-state index in [4.69, 9.17) is 17.4 Å². The van der Waals surface area contributed by atoms with Crippen LogP contribution in [0.25, 0.3) is 0 Å². The summed E-state index contributed by atoms with van der Waals surface area (Å²) in [5.74, 6) is 7.18. The van der Waals surface area contributed by atoms with Gasteiger partial charge in [0.2, 0.25) is 0 Å². The Balaban J connectivity index is 2.06. The van der Waals surface area contributed by atoms with Crippen molar-refractivity contribution >= 4 is 29.2 Å². The van der Waals surface area contributed by atoms with E-state index in [2.05, 4.69) is 22.2 Å². The molecule has 0 aliphatic carbocycles. The third kappa shape index (κ3) is 3.48. The molecule has 94 valence electrons. The summed E-state index contributed by atoms with van der Waals surface area (Å²) >= 11 is 8.16. The van der Waals surface area contributed by atoms with E-state index in [1.165, 1.54) is 5.75 Å². The molecule has 0 saturated carbocycles. The Hall–Kier alpha value is -0.490. The fourth-order valence-corrected chi connectivity index (χ4v) is 3.17. The number of anilines is 1. The van der Waals surface area contributed by atoms with Crippen LogP contribution in [0.4, 0.5) is 5.82 Å². The maximum Gasteiger partial charge on any atom is 0.140 e. The predicted molar refractivity (Wildman–Crippen MR) is 74.3 cm³/mol. The zero-order valence-electron chi connectivity index (χ0n) is 9.82. The Morgan fingerprint density at radius 2 is 2.47 bits per heavy atom. The molecule has 1 aromatic rings. The number of nitrogens with two attached hydrogens (primary N) is 1. The van der Waals surface area contributed by atoms with Gasteiger partial charge < -0.3 is 5.43 Å². The van der Waals surface area contributed by atoms with Crippen molar-refractivity contribution < 1.29 is 0 Å². The maximum atomic E-state index is 6.15. The van der Waals surface area contributed by atoms with Crippen molar-refractivity contribution in [3.8, 4) is 0 Å². The molecule has 0 amide bonds. The molecular formula is C11H17ClN4S. The van der Waals surface area contributed by atoms with Gasteiger partial charge in [-0.2, -0.15) is 11.8 Å². The highest BCUT2D eigenvalue weighted by Gasteiger charge is 2.18. The SMILES string of the molecule is CC1CN(Cc2nc(NN)ccc2Cl)CCS1. The standard InChI is InChI=1S/C11H17ClN4S/c1-8-6-16(4-5-17-8)7-10-9(12)2-3-11(14-10)15-13/h2-3,8H,4-7,13H2,1H3,(H,14,15). The minimum atomic E-state index is 0.656. The van der Waals surface area contributed by atoms with Crippen LogP contribution in [0.5, 0.6) is 0 Å². The molecule has 1 aliphatic heterocycles. The molecule has 17 heavy (non-hydrogen) atoms. The number of hydrogen-bond acceptors (Lipinski definition) is 5. The van der Waals surface area contributed by atoms with Crippen LogP contribution in [0.1, 0.15) is 12.6 Å². The molecule has 1 unspecified atom stereocenters. The Morgan fingerprint density at radius 1 is 1.65 bits per heavy atom. The molecule has 0 radical (unpaired) electrons. The number of nitrogens with zero attached hydrogens (tertiary/aromatic N) is 2. The number of pyridine rings is 1. The highest BCUT2D eigenvalue weighted by molar-refractivity contribution is 7.99. The van der Waals surface area contributed by atoms with Crippen molar-refractivity contribution in [2.75, 3.05) is 24.3 Å². The maximum absolute atomic E-state index is 6.15. The normalized spacial score (nSPS) is 21.5. The predicted octanol–water partition coefficient (Wildman–Crippen LogP) is 1.96. The number of thioether (sulfide) groups is 1. The van der Waals surface area contributed by atoms with Crippen LogP contribution in [0.2, 0.25) is 5.02 Å². The zero-order chi connectivity index (χ0) is 12.3. The first kappa shape index (κ1) is 13.0. The summed E-state index contributed by atoms with van der Waals surface area (Å²) in [4.78, 5) is 6.78. The van der Waals surface area contributed by atoms with Crippen molar-refractivity contribution in [1.82, 2.24) is 9.88 Å². The Bertz CT molecular complexity index is 388. The number of hydrogen-bond donors (Lipinski definition) is 2. The smallest absolute Gasteiger partial charge is 0.140 e. The zero-order valence-corrected chi connectivity index (χ0v) is 11.4. The van der Waals surface area contributed by atoms with E-state index >= 15 is 0 Å². The van der Waals surface area contributed by atoms with Crippen molar-refractivity contribution in [3.63, 3.8) is 0 Å². The highest BCUT2D eigenvalue weighted by Crippen LogP contribution is 2.22. The van der Waals surface area contributed by atoms with Gasteiger partial charge in [-0.1, -0.05) is 18.5 Å².